The Morgan fingerprint density at radius 3 is 2.38 bits per heavy atom. The van der Waals surface area contributed by atoms with E-state index in [9.17, 15) is 27.6 Å². The van der Waals surface area contributed by atoms with E-state index >= 15 is 0 Å². The maximum atomic E-state index is 12.8. The number of nitrogens with zero attached hydrogens (tertiary/aromatic N) is 2. The van der Waals surface area contributed by atoms with Gasteiger partial charge in [0.1, 0.15) is 6.54 Å². The molecule has 0 aliphatic carbocycles. The van der Waals surface area contributed by atoms with Gasteiger partial charge < -0.3 is 4.90 Å². The van der Waals surface area contributed by atoms with Crippen molar-refractivity contribution < 1.29 is 27.6 Å². The van der Waals surface area contributed by atoms with Crippen LogP contribution in [0.4, 0.5) is 13.2 Å². The van der Waals surface area contributed by atoms with E-state index in [-0.39, 0.29) is 31.7 Å². The quantitative estimate of drug-likeness (QED) is 0.733. The van der Waals surface area contributed by atoms with E-state index < -0.39 is 42.4 Å². The fraction of sp³-hybridized carbons (Fsp3) is 0.812. The summed E-state index contributed by atoms with van der Waals surface area (Å²) < 4.78 is 38.5. The van der Waals surface area contributed by atoms with Crippen LogP contribution in [0.5, 0.6) is 0 Å². The molecule has 0 aromatic carbocycles. The lowest BCUT2D eigenvalue weighted by Crippen LogP contribution is -2.49. The Balaban J connectivity index is 2.04. The third kappa shape index (κ3) is 3.42. The van der Waals surface area contributed by atoms with Crippen molar-refractivity contribution in [3.05, 3.63) is 0 Å². The molecule has 2 fully saturated rings. The molecule has 2 heterocycles. The molecular weight excluding hydrogens is 325 g/mol. The summed E-state index contributed by atoms with van der Waals surface area (Å²) >= 11 is 0. The van der Waals surface area contributed by atoms with Crippen LogP contribution < -0.4 is 0 Å². The lowest BCUT2D eigenvalue weighted by atomic mass is 9.81. The van der Waals surface area contributed by atoms with E-state index in [1.54, 1.807) is 0 Å². The molecule has 0 aromatic rings. The summed E-state index contributed by atoms with van der Waals surface area (Å²) in [5, 5.41) is 0. The molecule has 2 aliphatic heterocycles. The van der Waals surface area contributed by atoms with E-state index in [0.717, 1.165) is 9.80 Å². The first-order chi connectivity index (χ1) is 11.1. The third-order valence-electron chi connectivity index (χ3n) is 5.37. The van der Waals surface area contributed by atoms with Crippen molar-refractivity contribution in [1.82, 2.24) is 9.80 Å². The number of imide groups is 1. The van der Waals surface area contributed by atoms with Gasteiger partial charge in [0.2, 0.25) is 17.7 Å². The fourth-order valence-corrected chi connectivity index (χ4v) is 3.53. The van der Waals surface area contributed by atoms with Crippen LogP contribution in [0.15, 0.2) is 0 Å². The van der Waals surface area contributed by atoms with E-state index in [2.05, 4.69) is 0 Å². The number of amides is 3. The molecule has 136 valence electrons. The van der Waals surface area contributed by atoms with Crippen molar-refractivity contribution in [2.45, 2.75) is 52.1 Å². The maximum Gasteiger partial charge on any atom is 0.393 e. The Morgan fingerprint density at radius 2 is 1.88 bits per heavy atom. The van der Waals surface area contributed by atoms with E-state index in [4.69, 9.17) is 0 Å². The second kappa shape index (κ2) is 6.72. The minimum Gasteiger partial charge on any atom is -0.341 e. The minimum atomic E-state index is -4.34. The van der Waals surface area contributed by atoms with Gasteiger partial charge in [0.05, 0.1) is 11.3 Å². The molecule has 0 radical (unpaired) electrons. The third-order valence-corrected chi connectivity index (χ3v) is 5.37. The van der Waals surface area contributed by atoms with Gasteiger partial charge in [0.25, 0.3) is 0 Å². The molecule has 0 N–H and O–H groups in total. The summed E-state index contributed by atoms with van der Waals surface area (Å²) in [7, 11) is 0. The summed E-state index contributed by atoms with van der Waals surface area (Å²) in [5.41, 5.74) is -0.770. The molecule has 5 nitrogen and oxygen atoms in total. The molecule has 0 aromatic heterocycles. The summed E-state index contributed by atoms with van der Waals surface area (Å²) in [5.74, 6) is -2.92. The molecule has 0 unspecified atom stereocenters. The van der Waals surface area contributed by atoms with Crippen LogP contribution in [0.2, 0.25) is 0 Å². The molecule has 2 aliphatic rings. The number of halogens is 3. The van der Waals surface area contributed by atoms with Gasteiger partial charge in [-0.25, -0.2) is 0 Å². The highest BCUT2D eigenvalue weighted by atomic mass is 19.4. The molecule has 2 saturated heterocycles. The van der Waals surface area contributed by atoms with Gasteiger partial charge in [-0.3, -0.25) is 19.3 Å². The number of alkyl halides is 3. The molecule has 24 heavy (non-hydrogen) atoms. The van der Waals surface area contributed by atoms with Gasteiger partial charge in [-0.05, 0) is 25.7 Å². The number of hydrogen-bond acceptors (Lipinski definition) is 3. The maximum absolute atomic E-state index is 12.8. The fourth-order valence-electron chi connectivity index (χ4n) is 3.53. The highest BCUT2D eigenvalue weighted by Gasteiger charge is 2.50. The zero-order valence-corrected chi connectivity index (χ0v) is 14.0. The van der Waals surface area contributed by atoms with Gasteiger partial charge in [-0.15, -0.1) is 0 Å². The zero-order valence-electron chi connectivity index (χ0n) is 14.0. The van der Waals surface area contributed by atoms with Crippen LogP contribution in [0.25, 0.3) is 0 Å². The van der Waals surface area contributed by atoms with Crippen LogP contribution in [0.3, 0.4) is 0 Å². The van der Waals surface area contributed by atoms with Crippen LogP contribution in [0.1, 0.15) is 46.0 Å². The Hall–Kier alpha value is -1.60. The predicted molar refractivity (Wildman–Crippen MR) is 79.7 cm³/mol. The van der Waals surface area contributed by atoms with Gasteiger partial charge in [-0.2, -0.15) is 13.2 Å². The number of carbonyl (C=O) groups excluding carboxylic acids is 3. The molecule has 0 saturated carbocycles. The summed E-state index contributed by atoms with van der Waals surface area (Å²) in [4.78, 5) is 39.0. The molecule has 8 heteroatoms. The molecule has 3 amide bonds. The summed E-state index contributed by atoms with van der Waals surface area (Å²) in [6, 6.07) is 0. The van der Waals surface area contributed by atoms with Gasteiger partial charge in [0.15, 0.2) is 0 Å². The zero-order chi connectivity index (χ0) is 18.1. The number of hydrogen-bond donors (Lipinski definition) is 0. The van der Waals surface area contributed by atoms with Crippen molar-refractivity contribution in [3.63, 3.8) is 0 Å². The van der Waals surface area contributed by atoms with E-state index in [1.165, 1.54) is 0 Å². The molecule has 1 atom stereocenters. The van der Waals surface area contributed by atoms with Crippen molar-refractivity contribution in [2.75, 3.05) is 19.6 Å². The number of carbonyl (C=O) groups is 3. The Labute approximate surface area is 139 Å². The monoisotopic (exact) mass is 348 g/mol. The van der Waals surface area contributed by atoms with Gasteiger partial charge in [-0.1, -0.05) is 13.8 Å². The average molecular weight is 348 g/mol. The topological polar surface area (TPSA) is 57.7 Å². The van der Waals surface area contributed by atoms with Crippen molar-refractivity contribution in [2.24, 2.45) is 11.3 Å². The van der Waals surface area contributed by atoms with Crippen LogP contribution in [0, 0.1) is 11.3 Å². The smallest absolute Gasteiger partial charge is 0.341 e. The second-order valence-electron chi connectivity index (χ2n) is 6.67. The van der Waals surface area contributed by atoms with Gasteiger partial charge in [0, 0.05) is 19.5 Å². The molecule has 2 rings (SSSR count). The first-order valence-corrected chi connectivity index (χ1v) is 8.34. The molecule has 0 bridgehead atoms. The van der Waals surface area contributed by atoms with Gasteiger partial charge >= 0.3 is 6.18 Å². The minimum absolute atomic E-state index is 0.00361. The Bertz CT molecular complexity index is 529. The Morgan fingerprint density at radius 1 is 1.25 bits per heavy atom. The summed E-state index contributed by atoms with van der Waals surface area (Å²) in [6.07, 6.45) is -3.00. The first-order valence-electron chi connectivity index (χ1n) is 8.34. The summed E-state index contributed by atoms with van der Waals surface area (Å²) in [6.45, 7) is 3.01. The number of likely N-dealkylation sites (tertiary alicyclic amines) is 2. The normalized spacial score (nSPS) is 24.6. The first kappa shape index (κ1) is 18.7. The van der Waals surface area contributed by atoms with Crippen LogP contribution in [-0.4, -0.2) is 53.3 Å². The van der Waals surface area contributed by atoms with E-state index in [0.29, 0.717) is 12.8 Å². The predicted octanol–water partition coefficient (Wildman–Crippen LogP) is 2.35. The lowest BCUT2D eigenvalue weighted by Gasteiger charge is -2.34. The lowest BCUT2D eigenvalue weighted by molar-refractivity contribution is -0.188. The van der Waals surface area contributed by atoms with Crippen molar-refractivity contribution in [1.29, 1.82) is 0 Å². The van der Waals surface area contributed by atoms with Crippen molar-refractivity contribution >= 4 is 17.7 Å². The highest BCUT2D eigenvalue weighted by molar-refractivity contribution is 6.07. The molecular formula is C16H23F3N2O3. The average Bonchev–Trinajstić information content (AvgIpc) is 2.78. The SMILES string of the molecule is CCC1(CC)CC(=O)N(CC(=O)N2CCC[C@H](C(F)(F)F)C2)C1=O. The number of rotatable bonds is 4. The van der Waals surface area contributed by atoms with Crippen molar-refractivity contribution in [3.8, 4) is 0 Å². The number of piperidine rings is 1. The standard InChI is InChI=1S/C16H23F3N2O3/c1-3-15(4-2)8-12(22)21(14(15)24)10-13(23)20-7-5-6-11(9-20)16(17,18)19/h11H,3-10H2,1-2H3/t11-/m0/s1. The van der Waals surface area contributed by atoms with E-state index in [1.807, 2.05) is 13.8 Å². The van der Waals surface area contributed by atoms with Crippen LogP contribution in [-0.2, 0) is 14.4 Å². The Kier molecular flexibility index (Phi) is 5.25. The largest absolute Gasteiger partial charge is 0.393 e. The van der Waals surface area contributed by atoms with Crippen LogP contribution >= 0.6 is 0 Å². The second-order valence-corrected chi connectivity index (χ2v) is 6.67. The molecule has 0 spiro atoms. The highest BCUT2D eigenvalue weighted by Crippen LogP contribution is 2.39.